The van der Waals surface area contributed by atoms with Crippen LogP contribution in [0.3, 0.4) is 0 Å². The summed E-state index contributed by atoms with van der Waals surface area (Å²) < 4.78 is 0. The van der Waals surface area contributed by atoms with Crippen LogP contribution in [-0.4, -0.2) is 15.0 Å². The molecule has 0 aliphatic rings. The fourth-order valence-electron chi connectivity index (χ4n) is 0.403. The maximum atomic E-state index is 10.2. The van der Waals surface area contributed by atoms with Gasteiger partial charge in [-0.3, -0.25) is 15.0 Å². The monoisotopic (exact) mass is 243 g/mol. The fraction of sp³-hybridized carbons (Fsp3) is 0. The van der Waals surface area contributed by atoms with E-state index < -0.39 is 17.1 Å². The van der Waals surface area contributed by atoms with Gasteiger partial charge in [0.1, 0.15) is 0 Å². The van der Waals surface area contributed by atoms with Gasteiger partial charge in [-0.25, -0.2) is 14.4 Å². The number of halogens is 2. The van der Waals surface area contributed by atoms with Gasteiger partial charge in [0, 0.05) is 15.0 Å². The molecule has 3 N–H and O–H groups in total. The van der Waals surface area contributed by atoms with Gasteiger partial charge >= 0.3 is 17.1 Å². The Balaban J connectivity index is 0.000000461. The summed E-state index contributed by atoms with van der Waals surface area (Å²) in [7, 11) is 4.45. The van der Waals surface area contributed by atoms with Crippen molar-refractivity contribution in [3.8, 4) is 0 Å². The summed E-state index contributed by atoms with van der Waals surface area (Å²) in [5.41, 5.74) is -2.41. The Morgan fingerprint density at radius 2 is 1.00 bits per heavy atom. The van der Waals surface area contributed by atoms with Crippen LogP contribution in [-0.2, 0) is 0 Å². The minimum absolute atomic E-state index is 0.802. The molecule has 11 heavy (non-hydrogen) atoms. The molecule has 0 aromatic carbocycles. The molecule has 0 aliphatic carbocycles. The number of nitrogens with one attached hydrogen (secondary N) is 3. The molecule has 0 saturated carbocycles. The molecule has 1 heterocycles. The molecule has 1 aromatic heterocycles. The standard InChI is InChI=1S/C3H3N3O3.BrCl/c7-1-4-2(8)6-3(9)5-1;1-2/h(H3,4,5,6,7,8,9);. The van der Waals surface area contributed by atoms with Gasteiger partial charge in [0.15, 0.2) is 0 Å². The van der Waals surface area contributed by atoms with Crippen LogP contribution in [0.4, 0.5) is 0 Å². The molecule has 0 atom stereocenters. The van der Waals surface area contributed by atoms with Crippen molar-refractivity contribution in [3.05, 3.63) is 31.5 Å². The molecule has 0 bridgehead atoms. The molecule has 1 aromatic rings. The predicted molar refractivity (Wildman–Crippen MR) is 43.1 cm³/mol. The summed E-state index contributed by atoms with van der Waals surface area (Å²) in [6.07, 6.45) is 0. The Morgan fingerprint density at radius 3 is 1.18 bits per heavy atom. The van der Waals surface area contributed by atoms with Crippen LogP contribution in [0.1, 0.15) is 0 Å². The zero-order chi connectivity index (χ0) is 8.85. The first-order valence-electron chi connectivity index (χ1n) is 2.26. The Kier molecular flexibility index (Phi) is 4.55. The van der Waals surface area contributed by atoms with E-state index in [9.17, 15) is 14.4 Å². The molecule has 0 amide bonds. The van der Waals surface area contributed by atoms with Gasteiger partial charge in [-0.2, -0.15) is 0 Å². The molecule has 6 nitrogen and oxygen atoms in total. The molecule has 62 valence electrons. The first kappa shape index (κ1) is 10.2. The number of aromatic nitrogens is 3. The molecule has 0 spiro atoms. The van der Waals surface area contributed by atoms with E-state index in [2.05, 4.69) is 25.1 Å². The molecule has 0 aliphatic heterocycles. The highest BCUT2D eigenvalue weighted by Gasteiger charge is 1.84. The highest BCUT2D eigenvalue weighted by Crippen LogP contribution is 1.77. The minimum atomic E-state index is -0.802. The van der Waals surface area contributed by atoms with Gasteiger partial charge in [-0.15, -0.1) is 0 Å². The third-order valence-electron chi connectivity index (χ3n) is 0.681. The van der Waals surface area contributed by atoms with E-state index in [0.717, 1.165) is 0 Å². The van der Waals surface area contributed by atoms with Gasteiger partial charge in [0.05, 0.1) is 0 Å². The van der Waals surface area contributed by atoms with E-state index >= 15 is 0 Å². The van der Waals surface area contributed by atoms with Gasteiger partial charge in [-0.05, 0) is 10.1 Å². The van der Waals surface area contributed by atoms with Crippen LogP contribution in [0, 0.1) is 0 Å². The van der Waals surface area contributed by atoms with Crippen molar-refractivity contribution in [1.82, 2.24) is 15.0 Å². The molecular weight excluding hydrogens is 241 g/mol. The quantitative estimate of drug-likeness (QED) is 0.562. The lowest BCUT2D eigenvalue weighted by atomic mass is 11.0. The first-order valence-corrected chi connectivity index (χ1v) is 4.34. The Hall–Kier alpha value is -0.820. The van der Waals surface area contributed by atoms with Gasteiger partial charge in [0.2, 0.25) is 0 Å². The summed E-state index contributed by atoms with van der Waals surface area (Å²) in [6.45, 7) is 0. The van der Waals surface area contributed by atoms with E-state index in [-0.39, 0.29) is 0 Å². The van der Waals surface area contributed by atoms with Crippen molar-refractivity contribution in [1.29, 1.82) is 0 Å². The normalized spacial score (nSPS) is 8.18. The highest BCUT2D eigenvalue weighted by atomic mass is 79.9. The Labute approximate surface area is 72.0 Å². The lowest BCUT2D eigenvalue weighted by Crippen LogP contribution is -2.34. The van der Waals surface area contributed by atoms with Crippen molar-refractivity contribution in [2.75, 3.05) is 0 Å². The third-order valence-corrected chi connectivity index (χ3v) is 0.681. The van der Waals surface area contributed by atoms with Gasteiger partial charge in [-0.1, -0.05) is 0 Å². The lowest BCUT2D eigenvalue weighted by molar-refractivity contribution is 0.888. The van der Waals surface area contributed by atoms with Crippen LogP contribution in [0.5, 0.6) is 0 Å². The average molecular weight is 244 g/mol. The van der Waals surface area contributed by atoms with Gasteiger partial charge in [0.25, 0.3) is 0 Å². The fourth-order valence-corrected chi connectivity index (χ4v) is 0.403. The number of hydrogen-bond donors (Lipinski definition) is 3. The first-order chi connectivity index (χ1) is 5.18. The molecule has 0 saturated heterocycles. The van der Waals surface area contributed by atoms with Crippen molar-refractivity contribution in [3.63, 3.8) is 0 Å². The van der Waals surface area contributed by atoms with Crippen LogP contribution in [0.2, 0.25) is 0 Å². The maximum absolute atomic E-state index is 10.2. The number of hydrogen-bond acceptors (Lipinski definition) is 3. The van der Waals surface area contributed by atoms with E-state index in [1.165, 1.54) is 0 Å². The molecule has 0 unspecified atom stereocenters. The molecule has 1 rings (SSSR count). The molecule has 0 radical (unpaired) electrons. The average Bonchev–Trinajstić information content (AvgIpc) is 1.88. The SMILES string of the molecule is ClBr.O=c1[nH]c(=O)[nH]c(=O)[nH]1. The Morgan fingerprint density at radius 1 is 0.818 bits per heavy atom. The second kappa shape index (κ2) is 4.91. The largest absolute Gasteiger partial charge is 0.330 e. The molecule has 0 fully saturated rings. The topological polar surface area (TPSA) is 98.6 Å². The van der Waals surface area contributed by atoms with Crippen molar-refractivity contribution < 1.29 is 0 Å². The maximum Gasteiger partial charge on any atom is 0.330 e. The summed E-state index contributed by atoms with van der Waals surface area (Å²) >= 11 is 2.41. The van der Waals surface area contributed by atoms with Crippen LogP contribution >= 0.6 is 25.1 Å². The van der Waals surface area contributed by atoms with Crippen LogP contribution in [0.15, 0.2) is 14.4 Å². The predicted octanol–water partition coefficient (Wildman–Crippen LogP) is -0.713. The van der Waals surface area contributed by atoms with Crippen LogP contribution in [0.25, 0.3) is 0 Å². The van der Waals surface area contributed by atoms with Crippen molar-refractivity contribution >= 4 is 25.1 Å². The zero-order valence-electron chi connectivity index (χ0n) is 4.98. The summed E-state index contributed by atoms with van der Waals surface area (Å²) in [5, 5.41) is 0. The third kappa shape index (κ3) is 3.79. The second-order valence-electron chi connectivity index (χ2n) is 1.36. The van der Waals surface area contributed by atoms with E-state index in [4.69, 9.17) is 0 Å². The number of rotatable bonds is 0. The molecule has 8 heteroatoms. The van der Waals surface area contributed by atoms with Crippen molar-refractivity contribution in [2.24, 2.45) is 0 Å². The zero-order valence-corrected chi connectivity index (χ0v) is 7.32. The smallest absolute Gasteiger partial charge is 0.259 e. The van der Waals surface area contributed by atoms with Crippen LogP contribution < -0.4 is 17.1 Å². The van der Waals surface area contributed by atoms with E-state index in [0.29, 0.717) is 0 Å². The van der Waals surface area contributed by atoms with E-state index in [1.54, 1.807) is 15.0 Å². The highest BCUT2D eigenvalue weighted by molar-refractivity contribution is 9.22. The summed E-state index contributed by atoms with van der Waals surface area (Å²) in [5.74, 6) is 0. The summed E-state index contributed by atoms with van der Waals surface area (Å²) in [6, 6.07) is 0. The molecular formula is C3H3BrClN3O3. The summed E-state index contributed by atoms with van der Waals surface area (Å²) in [4.78, 5) is 35.9. The van der Waals surface area contributed by atoms with Crippen molar-refractivity contribution in [2.45, 2.75) is 0 Å². The number of H-pyrrole nitrogens is 3. The minimum Gasteiger partial charge on any atom is -0.259 e. The Bertz CT molecular complexity index is 286. The van der Waals surface area contributed by atoms with E-state index in [1.807, 2.05) is 0 Å². The second-order valence-corrected chi connectivity index (χ2v) is 1.36. The number of aromatic amines is 3. The lowest BCUT2D eigenvalue weighted by Gasteiger charge is -1.77. The van der Waals surface area contributed by atoms with Gasteiger partial charge < -0.3 is 0 Å².